The summed E-state index contributed by atoms with van der Waals surface area (Å²) in [5.41, 5.74) is 0.397. The first-order valence-corrected chi connectivity index (χ1v) is 7.31. The molecular formula is C15H21FN2O3. The number of likely N-dealkylation sites (tertiary alicyclic amines) is 1. The highest BCUT2D eigenvalue weighted by atomic mass is 19.1. The number of rotatable bonds is 5. The summed E-state index contributed by atoms with van der Waals surface area (Å²) in [5, 5.41) is 20.4. The molecule has 5 nitrogen and oxygen atoms in total. The molecule has 0 aliphatic carbocycles. The number of aliphatic hydroxyl groups is 1. The van der Waals surface area contributed by atoms with Crippen LogP contribution in [0.1, 0.15) is 38.2 Å². The molecule has 2 unspecified atom stereocenters. The highest BCUT2D eigenvalue weighted by Gasteiger charge is 2.24. The maximum Gasteiger partial charge on any atom is 0.272 e. The molecule has 1 fully saturated rings. The molecule has 1 heterocycles. The standard InChI is InChI=1S/C15H21FN2O3/c1-11(19)6-14-4-2-3-5-17(14)10-12-7-13(16)9-15(8-12)18(20)21/h7-9,11,14,19H,2-6,10H2,1H3. The molecule has 0 bridgehead atoms. The number of hydrogen-bond acceptors (Lipinski definition) is 4. The Kier molecular flexibility index (Phi) is 5.25. The number of nitro benzene ring substituents is 1. The van der Waals surface area contributed by atoms with Crippen molar-refractivity contribution in [2.45, 2.75) is 51.3 Å². The lowest BCUT2D eigenvalue weighted by atomic mass is 9.96. The van der Waals surface area contributed by atoms with Gasteiger partial charge in [-0.05, 0) is 44.4 Å². The van der Waals surface area contributed by atoms with Gasteiger partial charge in [-0.1, -0.05) is 6.42 Å². The molecule has 1 aromatic carbocycles. The van der Waals surface area contributed by atoms with Crippen LogP contribution in [0.15, 0.2) is 18.2 Å². The molecular weight excluding hydrogens is 275 g/mol. The van der Waals surface area contributed by atoms with Gasteiger partial charge in [0, 0.05) is 18.7 Å². The van der Waals surface area contributed by atoms with E-state index in [0.29, 0.717) is 18.5 Å². The lowest BCUT2D eigenvalue weighted by Gasteiger charge is -2.36. The van der Waals surface area contributed by atoms with Crippen molar-refractivity contribution < 1.29 is 14.4 Å². The maximum absolute atomic E-state index is 13.5. The van der Waals surface area contributed by atoms with Gasteiger partial charge in [0.1, 0.15) is 5.82 Å². The first-order valence-electron chi connectivity index (χ1n) is 7.31. The van der Waals surface area contributed by atoms with Crippen LogP contribution in [0.2, 0.25) is 0 Å². The SMILES string of the molecule is CC(O)CC1CCCCN1Cc1cc(F)cc([N+](=O)[O-])c1. The monoisotopic (exact) mass is 296 g/mol. The number of benzene rings is 1. The number of nitrogens with zero attached hydrogens (tertiary/aromatic N) is 2. The summed E-state index contributed by atoms with van der Waals surface area (Å²) in [4.78, 5) is 12.4. The molecule has 1 saturated heterocycles. The second-order valence-corrected chi connectivity index (χ2v) is 5.78. The van der Waals surface area contributed by atoms with E-state index in [9.17, 15) is 19.6 Å². The van der Waals surface area contributed by atoms with Gasteiger partial charge in [0.25, 0.3) is 5.69 Å². The van der Waals surface area contributed by atoms with Gasteiger partial charge >= 0.3 is 0 Å². The first-order chi connectivity index (χ1) is 9.95. The molecule has 116 valence electrons. The van der Waals surface area contributed by atoms with Crippen molar-refractivity contribution in [1.82, 2.24) is 4.90 Å². The molecule has 0 amide bonds. The van der Waals surface area contributed by atoms with Crippen LogP contribution in [0, 0.1) is 15.9 Å². The van der Waals surface area contributed by atoms with E-state index in [1.807, 2.05) is 0 Å². The van der Waals surface area contributed by atoms with E-state index in [4.69, 9.17) is 0 Å². The molecule has 0 spiro atoms. The fraction of sp³-hybridized carbons (Fsp3) is 0.600. The van der Waals surface area contributed by atoms with Crippen molar-refractivity contribution in [2.24, 2.45) is 0 Å². The lowest BCUT2D eigenvalue weighted by molar-refractivity contribution is -0.385. The van der Waals surface area contributed by atoms with Crippen molar-refractivity contribution >= 4 is 5.69 Å². The van der Waals surface area contributed by atoms with Crippen LogP contribution in [0.5, 0.6) is 0 Å². The van der Waals surface area contributed by atoms with Gasteiger partial charge in [-0.15, -0.1) is 0 Å². The van der Waals surface area contributed by atoms with Crippen LogP contribution >= 0.6 is 0 Å². The van der Waals surface area contributed by atoms with E-state index in [2.05, 4.69) is 4.90 Å². The summed E-state index contributed by atoms with van der Waals surface area (Å²) in [6.45, 7) is 3.12. The van der Waals surface area contributed by atoms with Crippen molar-refractivity contribution in [2.75, 3.05) is 6.54 Å². The second kappa shape index (κ2) is 6.95. The van der Waals surface area contributed by atoms with E-state index >= 15 is 0 Å². The Hall–Kier alpha value is -1.53. The largest absolute Gasteiger partial charge is 0.393 e. The molecule has 21 heavy (non-hydrogen) atoms. The van der Waals surface area contributed by atoms with Crippen molar-refractivity contribution in [3.63, 3.8) is 0 Å². The van der Waals surface area contributed by atoms with Crippen molar-refractivity contribution in [3.05, 3.63) is 39.7 Å². The van der Waals surface area contributed by atoms with Crippen LogP contribution in [0.4, 0.5) is 10.1 Å². The van der Waals surface area contributed by atoms with Crippen LogP contribution in [0.25, 0.3) is 0 Å². The quantitative estimate of drug-likeness (QED) is 0.670. The maximum atomic E-state index is 13.5. The second-order valence-electron chi connectivity index (χ2n) is 5.78. The van der Waals surface area contributed by atoms with E-state index in [0.717, 1.165) is 31.9 Å². The molecule has 0 radical (unpaired) electrons. The Morgan fingerprint density at radius 2 is 2.24 bits per heavy atom. The molecule has 1 aromatic rings. The summed E-state index contributed by atoms with van der Waals surface area (Å²) in [6.07, 6.45) is 3.49. The van der Waals surface area contributed by atoms with Crippen molar-refractivity contribution in [3.8, 4) is 0 Å². The number of aliphatic hydroxyl groups excluding tert-OH is 1. The molecule has 1 aliphatic rings. The zero-order chi connectivity index (χ0) is 15.4. The zero-order valence-electron chi connectivity index (χ0n) is 12.2. The number of halogens is 1. The minimum Gasteiger partial charge on any atom is -0.393 e. The summed E-state index contributed by atoms with van der Waals surface area (Å²) >= 11 is 0. The van der Waals surface area contributed by atoms with E-state index < -0.39 is 10.7 Å². The Balaban J connectivity index is 2.13. The third-order valence-electron chi connectivity index (χ3n) is 3.90. The van der Waals surface area contributed by atoms with Crippen molar-refractivity contribution in [1.29, 1.82) is 0 Å². The number of non-ortho nitro benzene ring substituents is 1. The van der Waals surface area contributed by atoms with Gasteiger partial charge in [-0.3, -0.25) is 15.0 Å². The molecule has 2 rings (SSSR count). The average Bonchev–Trinajstić information content (AvgIpc) is 2.39. The Morgan fingerprint density at radius 1 is 1.48 bits per heavy atom. The highest BCUT2D eigenvalue weighted by molar-refractivity contribution is 5.35. The Labute approximate surface area is 123 Å². The van der Waals surface area contributed by atoms with Crippen LogP contribution in [0.3, 0.4) is 0 Å². The van der Waals surface area contributed by atoms with E-state index in [1.165, 1.54) is 12.1 Å². The predicted molar refractivity (Wildman–Crippen MR) is 77.4 cm³/mol. The molecule has 1 aliphatic heterocycles. The van der Waals surface area contributed by atoms with Crippen LogP contribution in [-0.2, 0) is 6.54 Å². The van der Waals surface area contributed by atoms with Gasteiger partial charge < -0.3 is 5.11 Å². The predicted octanol–water partition coefficient (Wildman–Crippen LogP) is 2.86. The van der Waals surface area contributed by atoms with Gasteiger partial charge in [0.15, 0.2) is 0 Å². The third kappa shape index (κ3) is 4.47. The fourth-order valence-electron chi connectivity index (χ4n) is 2.99. The minimum atomic E-state index is -0.580. The minimum absolute atomic E-state index is 0.214. The lowest BCUT2D eigenvalue weighted by Crippen LogP contribution is -2.40. The van der Waals surface area contributed by atoms with Crippen LogP contribution in [-0.4, -0.2) is 33.6 Å². The Morgan fingerprint density at radius 3 is 2.90 bits per heavy atom. The summed E-state index contributed by atoms with van der Waals surface area (Å²) in [6, 6.07) is 3.96. The first kappa shape index (κ1) is 15.9. The van der Waals surface area contributed by atoms with E-state index in [1.54, 1.807) is 6.92 Å². The fourth-order valence-corrected chi connectivity index (χ4v) is 2.99. The summed E-state index contributed by atoms with van der Waals surface area (Å²) in [7, 11) is 0. The summed E-state index contributed by atoms with van der Waals surface area (Å²) < 4.78 is 13.5. The molecule has 1 N–H and O–H groups in total. The smallest absolute Gasteiger partial charge is 0.272 e. The molecule has 2 atom stereocenters. The number of hydrogen-bond donors (Lipinski definition) is 1. The zero-order valence-corrected chi connectivity index (χ0v) is 12.2. The Bertz CT molecular complexity index is 508. The number of piperidine rings is 1. The normalized spacial score (nSPS) is 21.2. The van der Waals surface area contributed by atoms with E-state index in [-0.39, 0.29) is 17.8 Å². The van der Waals surface area contributed by atoms with Gasteiger partial charge in [-0.25, -0.2) is 4.39 Å². The average molecular weight is 296 g/mol. The number of nitro groups is 1. The molecule has 6 heteroatoms. The van der Waals surface area contributed by atoms with Gasteiger partial charge in [0.05, 0.1) is 17.1 Å². The van der Waals surface area contributed by atoms with Gasteiger partial charge in [-0.2, -0.15) is 0 Å². The van der Waals surface area contributed by atoms with Gasteiger partial charge in [0.2, 0.25) is 0 Å². The molecule has 0 saturated carbocycles. The molecule has 0 aromatic heterocycles. The third-order valence-corrected chi connectivity index (χ3v) is 3.90. The topological polar surface area (TPSA) is 66.6 Å². The van der Waals surface area contributed by atoms with Crippen LogP contribution < -0.4 is 0 Å². The highest BCUT2D eigenvalue weighted by Crippen LogP contribution is 2.25. The summed E-state index contributed by atoms with van der Waals surface area (Å²) in [5.74, 6) is -0.580.